The molecule has 1 N–H and O–H groups in total. The highest BCUT2D eigenvalue weighted by atomic mass is 32.2. The van der Waals surface area contributed by atoms with Crippen LogP contribution in [0.1, 0.15) is 36.8 Å². The molecule has 1 atom stereocenters. The molecule has 0 unspecified atom stereocenters. The van der Waals surface area contributed by atoms with Gasteiger partial charge in [0.25, 0.3) is 0 Å². The Morgan fingerprint density at radius 2 is 1.84 bits per heavy atom. The quantitative estimate of drug-likeness (QED) is 0.292. The van der Waals surface area contributed by atoms with Crippen LogP contribution < -0.4 is 4.74 Å². The van der Waals surface area contributed by atoms with E-state index in [0.29, 0.717) is 11.3 Å². The van der Waals surface area contributed by atoms with E-state index in [-0.39, 0.29) is 29.5 Å². The molecule has 0 bridgehead atoms. The van der Waals surface area contributed by atoms with Gasteiger partial charge in [0.15, 0.2) is 11.9 Å². The van der Waals surface area contributed by atoms with Gasteiger partial charge in [-0.2, -0.15) is 4.31 Å². The predicted molar refractivity (Wildman–Crippen MR) is 121 cm³/mol. The number of para-hydroxylation sites is 1. The number of fused-ring (bicyclic) bond motifs is 1. The minimum Gasteiger partial charge on any atom is -0.475 e. The lowest BCUT2D eigenvalue weighted by atomic mass is 10.0. The van der Waals surface area contributed by atoms with E-state index in [2.05, 4.69) is 4.98 Å². The molecule has 0 amide bonds. The number of sulfonamides is 1. The third-order valence-corrected chi connectivity index (χ3v) is 7.33. The van der Waals surface area contributed by atoms with Gasteiger partial charge in [-0.05, 0) is 32.0 Å². The number of carbonyl (C=O) groups excluding carboxylic acids is 1. The smallest absolute Gasteiger partial charge is 0.312 e. The van der Waals surface area contributed by atoms with Crippen LogP contribution in [0.25, 0.3) is 10.9 Å². The van der Waals surface area contributed by atoms with Crippen molar-refractivity contribution in [3.05, 3.63) is 63.8 Å². The summed E-state index contributed by atoms with van der Waals surface area (Å²) in [5.41, 5.74) is 1.41. The molecule has 0 radical (unpaired) electrons. The fourth-order valence-corrected chi connectivity index (χ4v) is 5.13. The van der Waals surface area contributed by atoms with Gasteiger partial charge in [0.05, 0.1) is 9.82 Å². The van der Waals surface area contributed by atoms with Crippen molar-refractivity contribution in [3.8, 4) is 5.75 Å². The van der Waals surface area contributed by atoms with Crippen LogP contribution in [0.4, 0.5) is 5.69 Å². The van der Waals surface area contributed by atoms with Crippen molar-refractivity contribution in [2.24, 2.45) is 0 Å². The number of nitro groups is 1. The summed E-state index contributed by atoms with van der Waals surface area (Å²) in [6.07, 6.45) is -1.03. The topological polar surface area (TPSA) is 123 Å². The molecule has 9 nitrogen and oxygen atoms in total. The number of Topliss-reactive ketones (excluding diaryl/α,β-unsaturated/α-hetero) is 1. The maximum atomic E-state index is 13.1. The summed E-state index contributed by atoms with van der Waals surface area (Å²) < 4.78 is 32.3. The molecular weight excluding hydrogens is 434 g/mol. The third-order valence-electron chi connectivity index (χ3n) is 5.28. The van der Waals surface area contributed by atoms with Crippen molar-refractivity contribution in [2.45, 2.75) is 38.7 Å². The summed E-state index contributed by atoms with van der Waals surface area (Å²) in [7, 11) is -3.88. The molecule has 0 aliphatic carbocycles. The van der Waals surface area contributed by atoms with Crippen LogP contribution in [-0.4, -0.2) is 47.6 Å². The number of hydrogen-bond acceptors (Lipinski definition) is 6. The van der Waals surface area contributed by atoms with Crippen LogP contribution in [0.15, 0.2) is 47.4 Å². The molecule has 10 heteroatoms. The Morgan fingerprint density at radius 3 is 2.47 bits per heavy atom. The second-order valence-corrected chi connectivity index (χ2v) is 9.21. The predicted octanol–water partition coefficient (Wildman–Crippen LogP) is 4.07. The Bertz CT molecular complexity index is 1280. The van der Waals surface area contributed by atoms with Crippen molar-refractivity contribution < 1.29 is 22.9 Å². The summed E-state index contributed by atoms with van der Waals surface area (Å²) in [6.45, 7) is 7.13. The van der Waals surface area contributed by atoms with Gasteiger partial charge in [-0.1, -0.05) is 32.0 Å². The summed E-state index contributed by atoms with van der Waals surface area (Å²) >= 11 is 0. The number of nitro benzene ring substituents is 1. The van der Waals surface area contributed by atoms with Crippen molar-refractivity contribution in [3.63, 3.8) is 0 Å². The zero-order valence-corrected chi connectivity index (χ0v) is 19.1. The van der Waals surface area contributed by atoms with E-state index in [1.165, 1.54) is 23.4 Å². The monoisotopic (exact) mass is 459 g/mol. The maximum Gasteiger partial charge on any atom is 0.312 e. The lowest BCUT2D eigenvalue weighted by Crippen LogP contribution is -2.30. The first-order chi connectivity index (χ1) is 15.1. The van der Waals surface area contributed by atoms with Gasteiger partial charge in [0.1, 0.15) is 0 Å². The number of aryl methyl sites for hydroxylation is 1. The molecule has 3 aromatic rings. The molecule has 170 valence electrons. The van der Waals surface area contributed by atoms with E-state index in [0.717, 1.165) is 17.0 Å². The van der Waals surface area contributed by atoms with Crippen LogP contribution in [0.2, 0.25) is 0 Å². The number of H-pyrrole nitrogens is 1. The minimum absolute atomic E-state index is 0.174. The Balaban J connectivity index is 1.95. The van der Waals surface area contributed by atoms with E-state index in [1.807, 2.05) is 24.3 Å². The zero-order chi connectivity index (χ0) is 23.6. The normalized spacial score (nSPS) is 12.8. The van der Waals surface area contributed by atoms with Crippen LogP contribution in [0.5, 0.6) is 5.75 Å². The summed E-state index contributed by atoms with van der Waals surface area (Å²) in [5.74, 6) is -0.513. The van der Waals surface area contributed by atoms with E-state index in [1.54, 1.807) is 20.8 Å². The van der Waals surface area contributed by atoms with Crippen LogP contribution in [0, 0.1) is 17.0 Å². The molecule has 1 heterocycles. The zero-order valence-electron chi connectivity index (χ0n) is 18.3. The third kappa shape index (κ3) is 4.23. The summed E-state index contributed by atoms with van der Waals surface area (Å²) in [6, 6.07) is 10.8. The molecule has 32 heavy (non-hydrogen) atoms. The van der Waals surface area contributed by atoms with Crippen molar-refractivity contribution >= 4 is 32.4 Å². The SMILES string of the molecule is CCN(CC)S(=O)(=O)c1ccc(O[C@@H](C)C(=O)c2c(C)[nH]c3ccccc23)c([N+](=O)[O-])c1. The first-order valence-electron chi connectivity index (χ1n) is 10.2. The Hall–Kier alpha value is -3.24. The number of aromatic nitrogens is 1. The lowest BCUT2D eigenvalue weighted by molar-refractivity contribution is -0.386. The molecule has 0 aliphatic heterocycles. The molecule has 0 aliphatic rings. The molecular formula is C22H25N3O6S. The number of aromatic amines is 1. The first-order valence-corrected chi connectivity index (χ1v) is 11.6. The highest BCUT2D eigenvalue weighted by Gasteiger charge is 2.29. The second-order valence-electron chi connectivity index (χ2n) is 7.27. The lowest BCUT2D eigenvalue weighted by Gasteiger charge is -2.19. The molecule has 0 fully saturated rings. The average Bonchev–Trinajstić information content (AvgIpc) is 3.09. The number of nitrogens with one attached hydrogen (secondary N) is 1. The van der Waals surface area contributed by atoms with Crippen LogP contribution in [0.3, 0.4) is 0 Å². The second kappa shape index (κ2) is 9.09. The first kappa shape index (κ1) is 23.4. The van der Waals surface area contributed by atoms with Gasteiger partial charge in [0, 0.05) is 41.3 Å². The number of benzene rings is 2. The number of carbonyl (C=O) groups is 1. The number of rotatable bonds is 9. The van der Waals surface area contributed by atoms with E-state index in [9.17, 15) is 23.3 Å². The Labute approximate surface area is 186 Å². The average molecular weight is 460 g/mol. The standard InChI is InChI=1S/C22H25N3O6S/c1-5-24(6-2)32(29,30)16-11-12-20(19(13-16)25(27)28)31-15(4)22(26)21-14(3)23-18-10-8-7-9-17(18)21/h7-13,15,23H,5-6H2,1-4H3/t15-/m0/s1. The van der Waals surface area contributed by atoms with E-state index < -0.39 is 26.7 Å². The highest BCUT2D eigenvalue weighted by molar-refractivity contribution is 7.89. The fourth-order valence-electron chi connectivity index (χ4n) is 3.65. The summed E-state index contributed by atoms with van der Waals surface area (Å²) in [4.78, 5) is 27.0. The van der Waals surface area contributed by atoms with Gasteiger partial charge in [-0.3, -0.25) is 14.9 Å². The van der Waals surface area contributed by atoms with Crippen LogP contribution >= 0.6 is 0 Å². The number of ether oxygens (including phenoxy) is 1. The van der Waals surface area contributed by atoms with Crippen molar-refractivity contribution in [2.75, 3.05) is 13.1 Å². The highest BCUT2D eigenvalue weighted by Crippen LogP contribution is 2.32. The number of hydrogen-bond donors (Lipinski definition) is 1. The molecule has 1 aromatic heterocycles. The Kier molecular flexibility index (Phi) is 6.65. The summed E-state index contributed by atoms with van der Waals surface area (Å²) in [5, 5.41) is 12.4. The maximum absolute atomic E-state index is 13.1. The van der Waals surface area contributed by atoms with Gasteiger partial charge in [-0.15, -0.1) is 0 Å². The van der Waals surface area contributed by atoms with Gasteiger partial charge >= 0.3 is 5.69 Å². The largest absolute Gasteiger partial charge is 0.475 e. The Morgan fingerprint density at radius 1 is 1.19 bits per heavy atom. The van der Waals surface area contributed by atoms with E-state index in [4.69, 9.17) is 4.74 Å². The molecule has 0 spiro atoms. The van der Waals surface area contributed by atoms with Gasteiger partial charge in [0.2, 0.25) is 15.8 Å². The fraction of sp³-hybridized carbons (Fsp3) is 0.318. The van der Waals surface area contributed by atoms with Crippen molar-refractivity contribution in [1.82, 2.24) is 9.29 Å². The molecule has 3 rings (SSSR count). The van der Waals surface area contributed by atoms with Gasteiger partial charge in [-0.25, -0.2) is 8.42 Å². The van der Waals surface area contributed by atoms with E-state index >= 15 is 0 Å². The number of ketones is 1. The number of nitrogens with zero attached hydrogens (tertiary/aromatic N) is 2. The van der Waals surface area contributed by atoms with Gasteiger partial charge < -0.3 is 9.72 Å². The molecule has 0 saturated carbocycles. The molecule has 2 aromatic carbocycles. The minimum atomic E-state index is -3.88. The van der Waals surface area contributed by atoms with Crippen LogP contribution in [-0.2, 0) is 10.0 Å². The van der Waals surface area contributed by atoms with Crippen molar-refractivity contribution in [1.29, 1.82) is 0 Å². The molecule has 0 saturated heterocycles.